The molecular weight excluding hydrogens is 444 g/mol. The van der Waals surface area contributed by atoms with Gasteiger partial charge in [0.2, 0.25) is 5.91 Å². The smallest absolute Gasteiger partial charge is 0.275 e. The minimum atomic E-state index is -0.801. The van der Waals surface area contributed by atoms with Gasteiger partial charge in [-0.25, -0.2) is 0 Å². The number of aromatic amines is 1. The lowest BCUT2D eigenvalue weighted by molar-refractivity contribution is -0.128. The van der Waals surface area contributed by atoms with E-state index in [0.717, 1.165) is 29.4 Å². The molecule has 2 aliphatic heterocycles. The maximum atomic E-state index is 13.7. The van der Waals surface area contributed by atoms with Crippen LogP contribution in [0.4, 0.5) is 11.4 Å². The number of rotatable bonds is 3. The largest absolute Gasteiger partial charge is 0.335 e. The Morgan fingerprint density at radius 1 is 0.943 bits per heavy atom. The average molecular weight is 473 g/mol. The van der Waals surface area contributed by atoms with Crippen molar-refractivity contribution >= 4 is 40.0 Å². The molecule has 3 amide bonds. The highest BCUT2D eigenvalue weighted by Gasteiger charge is 2.52. The van der Waals surface area contributed by atoms with Gasteiger partial charge in [0.1, 0.15) is 5.54 Å². The zero-order chi connectivity index (χ0) is 24.0. The molecule has 1 aliphatic carbocycles. The molecule has 0 atom stereocenters. The Balaban J connectivity index is 1.16. The Kier molecular flexibility index (Phi) is 5.29. The number of hydrogen-bond acceptors (Lipinski definition) is 5. The zero-order valence-corrected chi connectivity index (χ0v) is 19.5. The van der Waals surface area contributed by atoms with Gasteiger partial charge >= 0.3 is 0 Å². The molecule has 0 radical (unpaired) electrons. The van der Waals surface area contributed by atoms with Gasteiger partial charge in [0.15, 0.2) is 5.69 Å². The summed E-state index contributed by atoms with van der Waals surface area (Å²) in [5, 5.41) is 11.0. The van der Waals surface area contributed by atoms with E-state index in [4.69, 9.17) is 0 Å². The summed E-state index contributed by atoms with van der Waals surface area (Å²) in [4.78, 5) is 45.6. The molecule has 9 heteroatoms. The third kappa shape index (κ3) is 3.58. The molecule has 35 heavy (non-hydrogen) atoms. The lowest BCUT2D eigenvalue weighted by Gasteiger charge is -2.45. The van der Waals surface area contributed by atoms with Crippen LogP contribution in [-0.2, 0) is 9.59 Å². The first kappa shape index (κ1) is 21.8. The number of piperazine rings is 1. The van der Waals surface area contributed by atoms with Crippen LogP contribution in [0.3, 0.4) is 0 Å². The van der Waals surface area contributed by atoms with Crippen LogP contribution in [0.5, 0.6) is 0 Å². The molecule has 3 aromatic rings. The van der Waals surface area contributed by atoms with Crippen LogP contribution in [0.2, 0.25) is 0 Å². The number of carbonyl (C=O) groups is 3. The van der Waals surface area contributed by atoms with Gasteiger partial charge in [0, 0.05) is 31.6 Å². The molecular formula is C26H28N6O3. The molecule has 180 valence electrons. The van der Waals surface area contributed by atoms with Crippen molar-refractivity contribution < 1.29 is 14.4 Å². The molecule has 1 saturated heterocycles. The van der Waals surface area contributed by atoms with Crippen molar-refractivity contribution in [2.75, 3.05) is 42.9 Å². The first-order chi connectivity index (χ1) is 17.1. The van der Waals surface area contributed by atoms with E-state index in [-0.39, 0.29) is 24.3 Å². The fourth-order valence-corrected chi connectivity index (χ4v) is 5.78. The third-order valence-corrected chi connectivity index (χ3v) is 7.62. The monoisotopic (exact) mass is 472 g/mol. The predicted molar refractivity (Wildman–Crippen MR) is 132 cm³/mol. The Labute approximate surface area is 203 Å². The number of amides is 3. The van der Waals surface area contributed by atoms with E-state index < -0.39 is 5.54 Å². The topological polar surface area (TPSA) is 102 Å². The molecule has 9 nitrogen and oxygen atoms in total. The second-order valence-electron chi connectivity index (χ2n) is 9.63. The molecule has 2 aromatic carbocycles. The first-order valence-electron chi connectivity index (χ1n) is 12.3. The fraction of sp³-hybridized carbons (Fsp3) is 0.385. The Hall–Kier alpha value is -3.72. The number of fused-ring (bicyclic) bond motifs is 2. The number of hydrogen-bond donors (Lipinski definition) is 2. The maximum Gasteiger partial charge on any atom is 0.275 e. The molecule has 1 saturated carbocycles. The first-order valence-corrected chi connectivity index (χ1v) is 12.3. The zero-order valence-electron chi connectivity index (χ0n) is 19.5. The number of nitrogens with zero attached hydrogens (tertiary/aromatic N) is 4. The molecule has 2 N–H and O–H groups in total. The van der Waals surface area contributed by atoms with Crippen LogP contribution in [0, 0.1) is 0 Å². The van der Waals surface area contributed by atoms with Crippen LogP contribution in [0.1, 0.15) is 36.2 Å². The Morgan fingerprint density at radius 2 is 1.66 bits per heavy atom. The van der Waals surface area contributed by atoms with E-state index in [0.29, 0.717) is 50.4 Å². The van der Waals surface area contributed by atoms with Crippen LogP contribution in [0.25, 0.3) is 10.9 Å². The Bertz CT molecular complexity index is 1300. The lowest BCUT2D eigenvalue weighted by atomic mass is 9.89. The van der Waals surface area contributed by atoms with Crippen molar-refractivity contribution in [3.05, 3.63) is 54.2 Å². The SMILES string of the molecule is O=C(c1n[nH]c2ccccc12)N1CCN(CC(=O)N2c3ccccc3NC(=O)C23CCCC3)CC1. The molecule has 1 aromatic heterocycles. The summed E-state index contributed by atoms with van der Waals surface area (Å²) in [5.74, 6) is -0.240. The summed E-state index contributed by atoms with van der Waals surface area (Å²) in [6, 6.07) is 15.1. The molecule has 3 aliphatic rings. The summed E-state index contributed by atoms with van der Waals surface area (Å²) in [6.45, 7) is 2.45. The summed E-state index contributed by atoms with van der Waals surface area (Å²) < 4.78 is 0. The van der Waals surface area contributed by atoms with Gasteiger partial charge in [0.25, 0.3) is 11.8 Å². The van der Waals surface area contributed by atoms with Crippen LogP contribution in [0.15, 0.2) is 48.5 Å². The van der Waals surface area contributed by atoms with Crippen molar-refractivity contribution in [1.82, 2.24) is 20.0 Å². The summed E-state index contributed by atoms with van der Waals surface area (Å²) in [7, 11) is 0. The minimum Gasteiger partial charge on any atom is -0.335 e. The second-order valence-corrected chi connectivity index (χ2v) is 9.63. The quantitative estimate of drug-likeness (QED) is 0.610. The van der Waals surface area contributed by atoms with Crippen LogP contribution in [-0.4, -0.2) is 76.0 Å². The minimum absolute atomic E-state index is 0.0627. The highest BCUT2D eigenvalue weighted by Crippen LogP contribution is 2.45. The van der Waals surface area contributed by atoms with Gasteiger partial charge < -0.3 is 10.2 Å². The number of carbonyl (C=O) groups excluding carboxylic acids is 3. The predicted octanol–water partition coefficient (Wildman–Crippen LogP) is 2.62. The van der Waals surface area contributed by atoms with Gasteiger partial charge in [-0.05, 0) is 31.0 Å². The summed E-state index contributed by atoms with van der Waals surface area (Å²) in [5.41, 5.74) is 1.93. The molecule has 0 unspecified atom stereocenters. The maximum absolute atomic E-state index is 13.7. The standard InChI is InChI=1S/C26H28N6O3/c33-22(32-21-10-4-3-9-20(21)27-25(35)26(32)11-5-6-12-26)17-30-13-15-31(16-14-30)24(34)23-18-7-1-2-8-19(18)28-29-23/h1-4,7-10H,5-6,11-17H2,(H,27,35)(H,28,29). The van der Waals surface area contributed by atoms with Gasteiger partial charge in [-0.2, -0.15) is 5.10 Å². The van der Waals surface area contributed by atoms with E-state index in [9.17, 15) is 14.4 Å². The number of para-hydroxylation sites is 3. The third-order valence-electron chi connectivity index (χ3n) is 7.62. The normalized spacial score (nSPS) is 19.7. The highest BCUT2D eigenvalue weighted by molar-refractivity contribution is 6.15. The molecule has 3 heterocycles. The van der Waals surface area contributed by atoms with E-state index in [1.165, 1.54) is 0 Å². The van der Waals surface area contributed by atoms with Crippen molar-refractivity contribution in [1.29, 1.82) is 0 Å². The van der Waals surface area contributed by atoms with Crippen molar-refractivity contribution in [2.45, 2.75) is 31.2 Å². The highest BCUT2D eigenvalue weighted by atomic mass is 16.2. The van der Waals surface area contributed by atoms with Gasteiger partial charge in [-0.1, -0.05) is 43.2 Å². The van der Waals surface area contributed by atoms with E-state index in [1.807, 2.05) is 48.5 Å². The lowest BCUT2D eigenvalue weighted by Crippen LogP contribution is -2.62. The van der Waals surface area contributed by atoms with Crippen LogP contribution >= 0.6 is 0 Å². The van der Waals surface area contributed by atoms with E-state index in [1.54, 1.807) is 9.80 Å². The number of H-pyrrole nitrogens is 1. The van der Waals surface area contributed by atoms with E-state index >= 15 is 0 Å². The molecule has 0 bridgehead atoms. The molecule has 1 spiro atoms. The van der Waals surface area contributed by atoms with Gasteiger partial charge in [0.05, 0.1) is 23.4 Å². The number of aromatic nitrogens is 2. The van der Waals surface area contributed by atoms with Gasteiger partial charge in [-0.15, -0.1) is 0 Å². The summed E-state index contributed by atoms with van der Waals surface area (Å²) in [6.07, 6.45) is 3.22. The van der Waals surface area contributed by atoms with Crippen molar-refractivity contribution in [2.24, 2.45) is 0 Å². The summed E-state index contributed by atoms with van der Waals surface area (Å²) >= 11 is 0. The second kappa shape index (κ2) is 8.49. The van der Waals surface area contributed by atoms with Crippen molar-refractivity contribution in [3.63, 3.8) is 0 Å². The Morgan fingerprint density at radius 3 is 2.46 bits per heavy atom. The molecule has 6 rings (SSSR count). The van der Waals surface area contributed by atoms with Gasteiger partial charge in [-0.3, -0.25) is 29.3 Å². The number of benzene rings is 2. The van der Waals surface area contributed by atoms with Crippen LogP contribution < -0.4 is 10.2 Å². The van der Waals surface area contributed by atoms with E-state index in [2.05, 4.69) is 20.4 Å². The fourth-order valence-electron chi connectivity index (χ4n) is 5.78. The number of nitrogens with one attached hydrogen (secondary N) is 2. The average Bonchev–Trinajstić information content (AvgIpc) is 3.53. The number of anilines is 2. The molecule has 2 fully saturated rings. The van der Waals surface area contributed by atoms with Crippen molar-refractivity contribution in [3.8, 4) is 0 Å².